The predicted molar refractivity (Wildman–Crippen MR) is 124 cm³/mol. The number of rotatable bonds is 2. The van der Waals surface area contributed by atoms with Gasteiger partial charge in [0.2, 0.25) is 0 Å². The first-order valence-electron chi connectivity index (χ1n) is 10.8. The van der Waals surface area contributed by atoms with Gasteiger partial charge >= 0.3 is 0 Å². The van der Waals surface area contributed by atoms with Crippen LogP contribution in [0, 0.1) is 20.8 Å². The molecule has 2 aliphatic rings. The molecule has 4 aromatic rings. The highest BCUT2D eigenvalue weighted by Crippen LogP contribution is 2.44. The van der Waals surface area contributed by atoms with Crippen LogP contribution in [0.1, 0.15) is 34.0 Å². The van der Waals surface area contributed by atoms with E-state index in [0.29, 0.717) is 0 Å². The van der Waals surface area contributed by atoms with Gasteiger partial charge in [0.25, 0.3) is 0 Å². The lowest BCUT2D eigenvalue weighted by Crippen LogP contribution is -2.50. The number of aryl methyl sites for hydroxylation is 3. The Morgan fingerprint density at radius 2 is 1.52 bits per heavy atom. The van der Waals surface area contributed by atoms with Gasteiger partial charge in [-0.25, -0.2) is 4.68 Å². The Bertz CT molecular complexity index is 1290. The lowest BCUT2D eigenvalue weighted by Gasteiger charge is -2.49. The molecule has 0 saturated carbocycles. The van der Waals surface area contributed by atoms with Gasteiger partial charge < -0.3 is 9.80 Å². The lowest BCUT2D eigenvalue weighted by atomic mass is 9.97. The van der Waals surface area contributed by atoms with Gasteiger partial charge in [0.1, 0.15) is 5.69 Å². The summed E-state index contributed by atoms with van der Waals surface area (Å²) in [5.41, 5.74) is 11.0. The van der Waals surface area contributed by atoms with Crippen molar-refractivity contribution in [2.45, 2.75) is 33.5 Å². The van der Waals surface area contributed by atoms with Crippen molar-refractivity contribution in [1.82, 2.24) is 15.0 Å². The average molecular weight is 408 g/mol. The second-order valence-corrected chi connectivity index (χ2v) is 8.83. The number of hydrogen-bond acceptors (Lipinski definition) is 4. The molecule has 0 saturated heterocycles. The molecule has 31 heavy (non-hydrogen) atoms. The molecule has 3 heterocycles. The molecule has 154 valence electrons. The molecule has 5 nitrogen and oxygen atoms in total. The smallest absolute Gasteiger partial charge is 0.154 e. The molecule has 0 aliphatic carbocycles. The molecule has 0 fully saturated rings. The third-order valence-corrected chi connectivity index (χ3v) is 6.43. The summed E-state index contributed by atoms with van der Waals surface area (Å²) in [6.07, 6.45) is 2.05. The molecule has 0 N–H and O–H groups in total. The van der Waals surface area contributed by atoms with Crippen LogP contribution in [0.15, 0.2) is 66.9 Å². The summed E-state index contributed by atoms with van der Waals surface area (Å²) in [6, 6.07) is 22.0. The summed E-state index contributed by atoms with van der Waals surface area (Å²) in [5, 5.41) is 9.15. The van der Waals surface area contributed by atoms with E-state index in [-0.39, 0.29) is 6.17 Å². The van der Waals surface area contributed by atoms with Crippen LogP contribution in [0.25, 0.3) is 11.3 Å². The van der Waals surface area contributed by atoms with E-state index in [4.69, 9.17) is 0 Å². The van der Waals surface area contributed by atoms with Gasteiger partial charge in [-0.05, 0) is 44.5 Å². The van der Waals surface area contributed by atoms with Gasteiger partial charge in [-0.15, -0.1) is 5.10 Å². The standard InChI is InChI=1S/C26H25N5/c1-17-4-8-20(9-5-17)23-15-31(28-27-23)26-22-13-19(3)7-11-25(22)29-14-21-12-18(2)6-10-24(21)30(26)16-29/h4-13,15,26H,14,16H2,1-3H3/t26-/m0/s1. The van der Waals surface area contributed by atoms with Crippen LogP contribution < -0.4 is 9.80 Å². The highest BCUT2D eigenvalue weighted by atomic mass is 15.5. The van der Waals surface area contributed by atoms with E-state index >= 15 is 0 Å². The second-order valence-electron chi connectivity index (χ2n) is 8.83. The van der Waals surface area contributed by atoms with E-state index in [1.54, 1.807) is 0 Å². The molecular weight excluding hydrogens is 382 g/mol. The molecular formula is C26H25N5. The molecule has 1 atom stereocenters. The van der Waals surface area contributed by atoms with Crippen molar-refractivity contribution in [3.05, 3.63) is 94.7 Å². The third-order valence-electron chi connectivity index (χ3n) is 6.43. The molecule has 0 spiro atoms. The Kier molecular flexibility index (Phi) is 3.93. The van der Waals surface area contributed by atoms with E-state index in [0.717, 1.165) is 24.5 Å². The summed E-state index contributed by atoms with van der Waals surface area (Å²) >= 11 is 0. The molecule has 1 aromatic heterocycles. The topological polar surface area (TPSA) is 37.2 Å². The van der Waals surface area contributed by atoms with E-state index in [1.165, 1.54) is 39.2 Å². The number of aromatic nitrogens is 3. The summed E-state index contributed by atoms with van der Waals surface area (Å²) < 4.78 is 2.03. The number of hydrogen-bond donors (Lipinski definition) is 0. The zero-order valence-electron chi connectivity index (χ0n) is 18.1. The number of anilines is 2. The fourth-order valence-corrected chi connectivity index (χ4v) is 4.88. The Balaban J connectivity index is 1.51. The minimum Gasteiger partial charge on any atom is -0.349 e. The van der Waals surface area contributed by atoms with Crippen LogP contribution in [0.2, 0.25) is 0 Å². The highest BCUT2D eigenvalue weighted by Gasteiger charge is 2.38. The summed E-state index contributed by atoms with van der Waals surface area (Å²) in [4.78, 5) is 4.92. The first-order chi connectivity index (χ1) is 15.1. The SMILES string of the molecule is Cc1ccc(-c2cn([C@H]3c4cc(C)ccc4N4Cc5cc(C)ccc5N3C4)nn2)cc1. The second kappa shape index (κ2) is 6.71. The van der Waals surface area contributed by atoms with Crippen molar-refractivity contribution in [2.24, 2.45) is 0 Å². The van der Waals surface area contributed by atoms with Gasteiger partial charge in [0.15, 0.2) is 6.17 Å². The van der Waals surface area contributed by atoms with Crippen LogP contribution in [0.4, 0.5) is 11.4 Å². The van der Waals surface area contributed by atoms with Crippen molar-refractivity contribution in [3.8, 4) is 11.3 Å². The maximum Gasteiger partial charge on any atom is 0.154 e. The van der Waals surface area contributed by atoms with Crippen LogP contribution >= 0.6 is 0 Å². The van der Waals surface area contributed by atoms with E-state index in [2.05, 4.69) is 108 Å². The lowest BCUT2D eigenvalue weighted by molar-refractivity contribution is 0.445. The molecule has 0 amide bonds. The third kappa shape index (κ3) is 2.92. The summed E-state index contributed by atoms with van der Waals surface area (Å²) in [5.74, 6) is 0. The predicted octanol–water partition coefficient (Wildman–Crippen LogP) is 5.21. The molecule has 5 heteroatoms. The quantitative estimate of drug-likeness (QED) is 0.457. The van der Waals surface area contributed by atoms with Gasteiger partial charge in [-0.1, -0.05) is 64.4 Å². The van der Waals surface area contributed by atoms with Crippen LogP contribution in [-0.2, 0) is 6.54 Å². The van der Waals surface area contributed by atoms with Crippen molar-refractivity contribution >= 4 is 11.4 Å². The van der Waals surface area contributed by atoms with Crippen molar-refractivity contribution in [2.75, 3.05) is 16.5 Å². The normalized spacial score (nSPS) is 16.8. The van der Waals surface area contributed by atoms with Gasteiger partial charge in [-0.3, -0.25) is 0 Å². The summed E-state index contributed by atoms with van der Waals surface area (Å²) in [7, 11) is 0. The van der Waals surface area contributed by atoms with E-state index < -0.39 is 0 Å². The molecule has 6 rings (SSSR count). The van der Waals surface area contributed by atoms with Crippen molar-refractivity contribution in [1.29, 1.82) is 0 Å². The van der Waals surface area contributed by atoms with Crippen LogP contribution in [0.5, 0.6) is 0 Å². The molecule has 3 aromatic carbocycles. The van der Waals surface area contributed by atoms with Crippen molar-refractivity contribution in [3.63, 3.8) is 0 Å². The zero-order valence-corrected chi connectivity index (χ0v) is 18.1. The number of nitrogens with zero attached hydrogens (tertiary/aromatic N) is 5. The average Bonchev–Trinajstić information content (AvgIpc) is 3.23. The Hall–Kier alpha value is -3.60. The van der Waals surface area contributed by atoms with E-state index in [1.807, 2.05) is 4.68 Å². The molecule has 0 radical (unpaired) electrons. The van der Waals surface area contributed by atoms with Crippen molar-refractivity contribution < 1.29 is 0 Å². The fourth-order valence-electron chi connectivity index (χ4n) is 4.88. The zero-order chi connectivity index (χ0) is 21.1. The number of benzene rings is 3. The maximum absolute atomic E-state index is 4.61. The Morgan fingerprint density at radius 3 is 2.32 bits per heavy atom. The first kappa shape index (κ1) is 18.2. The highest BCUT2D eigenvalue weighted by molar-refractivity contribution is 5.70. The van der Waals surface area contributed by atoms with Crippen LogP contribution in [-0.4, -0.2) is 21.7 Å². The van der Waals surface area contributed by atoms with Gasteiger partial charge in [-0.2, -0.15) is 0 Å². The number of fused-ring (bicyclic) bond motifs is 6. The minimum absolute atomic E-state index is 0.0281. The Morgan fingerprint density at radius 1 is 0.806 bits per heavy atom. The fraction of sp³-hybridized carbons (Fsp3) is 0.231. The molecule has 2 aliphatic heterocycles. The van der Waals surface area contributed by atoms with Gasteiger partial charge in [0.05, 0.1) is 12.9 Å². The monoisotopic (exact) mass is 407 g/mol. The Labute approximate surface area is 182 Å². The largest absolute Gasteiger partial charge is 0.349 e. The van der Waals surface area contributed by atoms with E-state index in [9.17, 15) is 0 Å². The maximum atomic E-state index is 4.61. The first-order valence-corrected chi connectivity index (χ1v) is 10.8. The molecule has 2 bridgehead atoms. The summed E-state index contributed by atoms with van der Waals surface area (Å²) in [6.45, 7) is 8.19. The molecule has 0 unspecified atom stereocenters. The van der Waals surface area contributed by atoms with Gasteiger partial charge in [0, 0.05) is 29.0 Å². The minimum atomic E-state index is -0.0281. The van der Waals surface area contributed by atoms with Crippen LogP contribution in [0.3, 0.4) is 0 Å².